The first-order valence-electron chi connectivity index (χ1n) is 6.33. The van der Waals surface area contributed by atoms with E-state index in [-0.39, 0.29) is 5.82 Å². The molecular formula is C14H16BrFN4. The van der Waals surface area contributed by atoms with Crippen molar-refractivity contribution in [2.24, 2.45) is 0 Å². The predicted molar refractivity (Wildman–Crippen MR) is 81.1 cm³/mol. The molecule has 0 atom stereocenters. The lowest BCUT2D eigenvalue weighted by atomic mass is 10.2. The van der Waals surface area contributed by atoms with E-state index in [1.54, 1.807) is 24.4 Å². The summed E-state index contributed by atoms with van der Waals surface area (Å²) in [7, 11) is 1.89. The fourth-order valence-corrected chi connectivity index (χ4v) is 2.13. The summed E-state index contributed by atoms with van der Waals surface area (Å²) >= 11 is 3.34. The second-order valence-electron chi connectivity index (χ2n) is 4.30. The van der Waals surface area contributed by atoms with Crippen LogP contribution in [0.3, 0.4) is 0 Å². The van der Waals surface area contributed by atoms with E-state index < -0.39 is 0 Å². The minimum atomic E-state index is -0.231. The van der Waals surface area contributed by atoms with Crippen LogP contribution in [0.15, 0.2) is 34.9 Å². The minimum absolute atomic E-state index is 0.231. The monoisotopic (exact) mass is 338 g/mol. The molecule has 0 saturated carbocycles. The zero-order valence-corrected chi connectivity index (χ0v) is 12.7. The molecule has 0 aliphatic rings. The fourth-order valence-electron chi connectivity index (χ4n) is 1.72. The summed E-state index contributed by atoms with van der Waals surface area (Å²) in [5, 5.41) is 6.17. The molecule has 0 amide bonds. The van der Waals surface area contributed by atoms with Gasteiger partial charge in [0.25, 0.3) is 0 Å². The summed E-state index contributed by atoms with van der Waals surface area (Å²) in [6, 6.07) is 6.66. The highest BCUT2D eigenvalue weighted by atomic mass is 79.9. The largest absolute Gasteiger partial charge is 0.366 e. The molecule has 2 aromatic rings. The molecule has 106 valence electrons. The number of likely N-dealkylation sites (N-methyl/N-ethyl adjacent to an activating group) is 1. The first-order chi connectivity index (χ1) is 9.69. The van der Waals surface area contributed by atoms with E-state index in [2.05, 4.69) is 36.5 Å². The van der Waals surface area contributed by atoms with Crippen molar-refractivity contribution in [3.63, 3.8) is 0 Å². The number of rotatable bonds is 6. The highest BCUT2D eigenvalue weighted by molar-refractivity contribution is 9.10. The molecular weight excluding hydrogens is 323 g/mol. The quantitative estimate of drug-likeness (QED) is 0.850. The van der Waals surface area contributed by atoms with Crippen LogP contribution in [-0.2, 0) is 13.0 Å². The maximum absolute atomic E-state index is 13.6. The molecule has 0 aliphatic heterocycles. The molecule has 0 bridgehead atoms. The van der Waals surface area contributed by atoms with Crippen LogP contribution in [0.5, 0.6) is 0 Å². The van der Waals surface area contributed by atoms with Gasteiger partial charge in [0.15, 0.2) is 0 Å². The second kappa shape index (κ2) is 7.31. The van der Waals surface area contributed by atoms with Crippen molar-refractivity contribution in [3.05, 3.63) is 52.1 Å². The highest BCUT2D eigenvalue weighted by Gasteiger charge is 2.04. The van der Waals surface area contributed by atoms with E-state index in [1.165, 1.54) is 6.07 Å². The number of anilines is 1. The van der Waals surface area contributed by atoms with Crippen molar-refractivity contribution in [3.8, 4) is 0 Å². The zero-order chi connectivity index (χ0) is 14.4. The third-order valence-corrected chi connectivity index (χ3v) is 3.27. The van der Waals surface area contributed by atoms with Crippen LogP contribution in [0.25, 0.3) is 0 Å². The Kier molecular flexibility index (Phi) is 5.43. The molecule has 1 aromatic carbocycles. The average molecular weight is 339 g/mol. The van der Waals surface area contributed by atoms with Crippen LogP contribution in [0.2, 0.25) is 0 Å². The van der Waals surface area contributed by atoms with Crippen LogP contribution in [0.1, 0.15) is 11.4 Å². The number of benzene rings is 1. The standard InChI is InChI=1S/C14H16BrFN4/c1-17-6-4-13-18-7-5-14(20-13)19-9-10-8-11(15)2-3-12(10)16/h2-3,5,7-8,17H,4,6,9H2,1H3,(H,18,19,20). The van der Waals surface area contributed by atoms with Crippen LogP contribution < -0.4 is 10.6 Å². The van der Waals surface area contributed by atoms with Crippen molar-refractivity contribution >= 4 is 21.7 Å². The minimum Gasteiger partial charge on any atom is -0.366 e. The Morgan fingerprint density at radius 2 is 2.15 bits per heavy atom. The Hall–Kier alpha value is -1.53. The number of aromatic nitrogens is 2. The molecule has 4 nitrogen and oxygen atoms in total. The van der Waals surface area contributed by atoms with Gasteiger partial charge in [-0.1, -0.05) is 15.9 Å². The van der Waals surface area contributed by atoms with Gasteiger partial charge < -0.3 is 10.6 Å². The molecule has 20 heavy (non-hydrogen) atoms. The number of hydrogen-bond donors (Lipinski definition) is 2. The Bertz CT molecular complexity index is 577. The van der Waals surface area contributed by atoms with Crippen LogP contribution in [0, 0.1) is 5.82 Å². The first-order valence-corrected chi connectivity index (χ1v) is 7.12. The molecule has 6 heteroatoms. The molecule has 0 fully saturated rings. The Labute approximate surface area is 126 Å². The molecule has 0 aliphatic carbocycles. The molecule has 2 rings (SSSR count). The lowest BCUT2D eigenvalue weighted by Gasteiger charge is -2.08. The van der Waals surface area contributed by atoms with Gasteiger partial charge in [-0.05, 0) is 31.3 Å². The van der Waals surface area contributed by atoms with Gasteiger partial charge in [0.05, 0.1) is 0 Å². The van der Waals surface area contributed by atoms with Crippen molar-refractivity contribution < 1.29 is 4.39 Å². The SMILES string of the molecule is CNCCc1nccc(NCc2cc(Br)ccc2F)n1. The molecule has 0 radical (unpaired) electrons. The zero-order valence-electron chi connectivity index (χ0n) is 11.2. The number of nitrogens with zero attached hydrogens (tertiary/aromatic N) is 2. The summed E-state index contributed by atoms with van der Waals surface area (Å²) in [6.45, 7) is 1.21. The average Bonchev–Trinajstić information content (AvgIpc) is 2.46. The third-order valence-electron chi connectivity index (χ3n) is 2.77. The lowest BCUT2D eigenvalue weighted by molar-refractivity contribution is 0.612. The fraction of sp³-hybridized carbons (Fsp3) is 0.286. The first kappa shape index (κ1) is 14.9. The summed E-state index contributed by atoms with van der Waals surface area (Å²) in [5.41, 5.74) is 0.592. The maximum atomic E-state index is 13.6. The van der Waals surface area contributed by atoms with Crippen molar-refractivity contribution in [2.45, 2.75) is 13.0 Å². The summed E-state index contributed by atoms with van der Waals surface area (Å²) < 4.78 is 14.5. The molecule has 1 heterocycles. The summed E-state index contributed by atoms with van der Waals surface area (Å²) in [6.07, 6.45) is 2.47. The van der Waals surface area contributed by atoms with Crippen molar-refractivity contribution in [1.82, 2.24) is 15.3 Å². The normalized spacial score (nSPS) is 10.6. The number of hydrogen-bond acceptors (Lipinski definition) is 4. The molecule has 2 N–H and O–H groups in total. The van der Waals surface area contributed by atoms with Gasteiger partial charge in [0.2, 0.25) is 0 Å². The van der Waals surface area contributed by atoms with Gasteiger partial charge in [0.1, 0.15) is 17.5 Å². The third kappa shape index (κ3) is 4.25. The number of nitrogens with one attached hydrogen (secondary N) is 2. The van der Waals surface area contributed by atoms with E-state index in [4.69, 9.17) is 0 Å². The lowest BCUT2D eigenvalue weighted by Crippen LogP contribution is -2.13. The molecule has 0 saturated heterocycles. The van der Waals surface area contributed by atoms with Gasteiger partial charge >= 0.3 is 0 Å². The Morgan fingerprint density at radius 3 is 2.95 bits per heavy atom. The van der Waals surface area contributed by atoms with Gasteiger partial charge in [-0.15, -0.1) is 0 Å². The van der Waals surface area contributed by atoms with Crippen molar-refractivity contribution in [1.29, 1.82) is 0 Å². The smallest absolute Gasteiger partial charge is 0.131 e. The van der Waals surface area contributed by atoms with Crippen LogP contribution >= 0.6 is 15.9 Å². The van der Waals surface area contributed by atoms with E-state index in [9.17, 15) is 4.39 Å². The molecule has 0 unspecified atom stereocenters. The summed E-state index contributed by atoms with van der Waals surface area (Å²) in [4.78, 5) is 8.57. The number of halogens is 2. The highest BCUT2D eigenvalue weighted by Crippen LogP contribution is 2.16. The van der Waals surface area contributed by atoms with Gasteiger partial charge in [-0.25, -0.2) is 14.4 Å². The molecule has 0 spiro atoms. The van der Waals surface area contributed by atoms with Crippen LogP contribution in [0.4, 0.5) is 10.2 Å². The van der Waals surface area contributed by atoms with Gasteiger partial charge in [0, 0.05) is 35.7 Å². The summed E-state index contributed by atoms with van der Waals surface area (Å²) in [5.74, 6) is 1.23. The van der Waals surface area contributed by atoms with E-state index in [0.717, 1.165) is 23.3 Å². The van der Waals surface area contributed by atoms with Gasteiger partial charge in [-0.2, -0.15) is 0 Å². The van der Waals surface area contributed by atoms with E-state index in [1.807, 2.05) is 7.05 Å². The van der Waals surface area contributed by atoms with Crippen molar-refractivity contribution in [2.75, 3.05) is 18.9 Å². The Balaban J connectivity index is 2.01. The topological polar surface area (TPSA) is 49.8 Å². The van der Waals surface area contributed by atoms with Crippen LogP contribution in [-0.4, -0.2) is 23.6 Å². The molecule has 1 aromatic heterocycles. The predicted octanol–water partition coefficient (Wildman–Crippen LogP) is 2.75. The van der Waals surface area contributed by atoms with Gasteiger partial charge in [-0.3, -0.25) is 0 Å². The van der Waals surface area contributed by atoms with E-state index >= 15 is 0 Å². The maximum Gasteiger partial charge on any atom is 0.131 e. The van der Waals surface area contributed by atoms with E-state index in [0.29, 0.717) is 17.9 Å². The Morgan fingerprint density at radius 1 is 1.30 bits per heavy atom. The second-order valence-corrected chi connectivity index (χ2v) is 5.22.